The molecule has 0 radical (unpaired) electrons. The Balaban J connectivity index is 2.02. The normalized spacial score (nSPS) is 13.8. The number of benzene rings is 1. The first-order chi connectivity index (χ1) is 9.26. The fourth-order valence-electron chi connectivity index (χ4n) is 2.69. The van der Waals surface area contributed by atoms with Gasteiger partial charge in [-0.3, -0.25) is 4.79 Å². The molecule has 0 aliphatic heterocycles. The van der Waals surface area contributed by atoms with E-state index in [1.54, 1.807) is 4.90 Å². The lowest BCUT2D eigenvalue weighted by atomic mass is 9.91. The van der Waals surface area contributed by atoms with Crippen molar-refractivity contribution in [2.24, 2.45) is 0 Å². The lowest BCUT2D eigenvalue weighted by Gasteiger charge is -2.21. The summed E-state index contributed by atoms with van der Waals surface area (Å²) in [6.07, 6.45) is 4.69. The van der Waals surface area contributed by atoms with Crippen molar-refractivity contribution in [1.29, 1.82) is 0 Å². The molecule has 0 N–H and O–H groups in total. The maximum Gasteiger partial charge on any atom is 0.260 e. The van der Waals surface area contributed by atoms with Crippen LogP contribution in [0.5, 0.6) is 5.75 Å². The molecule has 3 heteroatoms. The van der Waals surface area contributed by atoms with Gasteiger partial charge < -0.3 is 9.64 Å². The van der Waals surface area contributed by atoms with Crippen LogP contribution in [0.25, 0.3) is 0 Å². The lowest BCUT2D eigenvalue weighted by molar-refractivity contribution is -0.132. The molecule has 2 rings (SSSR count). The Labute approximate surface area is 115 Å². The van der Waals surface area contributed by atoms with Gasteiger partial charge in [0.05, 0.1) is 0 Å². The lowest BCUT2D eigenvalue weighted by Crippen LogP contribution is -2.34. The summed E-state index contributed by atoms with van der Waals surface area (Å²) < 4.78 is 5.76. The van der Waals surface area contributed by atoms with Crippen LogP contribution in [0.2, 0.25) is 0 Å². The SMILES string of the molecule is CCN(CC)C(=O)COc1cccc2c1CCCC2. The highest BCUT2D eigenvalue weighted by molar-refractivity contribution is 5.77. The molecule has 0 heterocycles. The zero-order chi connectivity index (χ0) is 13.7. The Morgan fingerprint density at radius 3 is 2.68 bits per heavy atom. The van der Waals surface area contributed by atoms with Gasteiger partial charge in [-0.2, -0.15) is 0 Å². The maximum absolute atomic E-state index is 11.9. The summed E-state index contributed by atoms with van der Waals surface area (Å²) in [5, 5.41) is 0. The first-order valence-corrected chi connectivity index (χ1v) is 7.27. The quantitative estimate of drug-likeness (QED) is 0.815. The third-order valence-electron chi connectivity index (χ3n) is 3.82. The van der Waals surface area contributed by atoms with Gasteiger partial charge in [-0.05, 0) is 56.7 Å². The molecule has 0 fully saturated rings. The first-order valence-electron chi connectivity index (χ1n) is 7.27. The topological polar surface area (TPSA) is 29.5 Å². The van der Waals surface area contributed by atoms with Gasteiger partial charge in [0.2, 0.25) is 0 Å². The smallest absolute Gasteiger partial charge is 0.260 e. The summed E-state index contributed by atoms with van der Waals surface area (Å²) in [5.74, 6) is 0.969. The molecule has 0 atom stereocenters. The van der Waals surface area contributed by atoms with Crippen molar-refractivity contribution in [2.75, 3.05) is 19.7 Å². The van der Waals surface area contributed by atoms with Gasteiger partial charge in [0.1, 0.15) is 5.75 Å². The minimum absolute atomic E-state index is 0.0680. The van der Waals surface area contributed by atoms with Gasteiger partial charge in [0.25, 0.3) is 5.91 Å². The minimum Gasteiger partial charge on any atom is -0.483 e. The van der Waals surface area contributed by atoms with E-state index in [2.05, 4.69) is 6.07 Å². The van der Waals surface area contributed by atoms with Crippen LogP contribution in [0.3, 0.4) is 0 Å². The Morgan fingerprint density at radius 2 is 1.95 bits per heavy atom. The summed E-state index contributed by atoms with van der Waals surface area (Å²) in [5.41, 5.74) is 2.69. The van der Waals surface area contributed by atoms with Gasteiger partial charge in [0, 0.05) is 13.1 Å². The van der Waals surface area contributed by atoms with Gasteiger partial charge >= 0.3 is 0 Å². The number of nitrogens with zero attached hydrogens (tertiary/aromatic N) is 1. The second kappa shape index (κ2) is 6.60. The standard InChI is InChI=1S/C16H23NO2/c1-3-17(4-2)16(18)12-19-15-11-7-9-13-8-5-6-10-14(13)15/h7,9,11H,3-6,8,10,12H2,1-2H3. The van der Waals surface area contributed by atoms with Gasteiger partial charge in [-0.1, -0.05) is 12.1 Å². The molecule has 0 saturated carbocycles. The molecule has 1 aromatic rings. The van der Waals surface area contributed by atoms with E-state index in [4.69, 9.17) is 4.74 Å². The number of carbonyl (C=O) groups excluding carboxylic acids is 1. The van der Waals surface area contributed by atoms with E-state index < -0.39 is 0 Å². The minimum atomic E-state index is 0.0680. The van der Waals surface area contributed by atoms with Crippen molar-refractivity contribution in [3.63, 3.8) is 0 Å². The van der Waals surface area contributed by atoms with E-state index in [-0.39, 0.29) is 12.5 Å². The molecule has 19 heavy (non-hydrogen) atoms. The summed E-state index contributed by atoms with van der Waals surface area (Å²) >= 11 is 0. The highest BCUT2D eigenvalue weighted by Crippen LogP contribution is 2.29. The van der Waals surface area contributed by atoms with Gasteiger partial charge in [-0.15, -0.1) is 0 Å². The number of hydrogen-bond donors (Lipinski definition) is 0. The Kier molecular flexibility index (Phi) is 4.83. The summed E-state index contributed by atoms with van der Waals surface area (Å²) in [7, 11) is 0. The van der Waals surface area contributed by atoms with Crippen LogP contribution in [0.15, 0.2) is 18.2 Å². The zero-order valence-electron chi connectivity index (χ0n) is 11.9. The molecule has 1 aliphatic carbocycles. The van der Waals surface area contributed by atoms with Crippen molar-refractivity contribution in [1.82, 2.24) is 4.90 Å². The fourth-order valence-corrected chi connectivity index (χ4v) is 2.69. The molecule has 0 saturated heterocycles. The largest absolute Gasteiger partial charge is 0.483 e. The Hall–Kier alpha value is -1.51. The van der Waals surface area contributed by atoms with Crippen LogP contribution in [0, 0.1) is 0 Å². The molecule has 1 aliphatic rings. The molecule has 1 amide bonds. The number of likely N-dealkylation sites (N-methyl/N-ethyl adjacent to an activating group) is 1. The predicted octanol–water partition coefficient (Wildman–Crippen LogP) is 2.81. The van der Waals surface area contributed by atoms with Crippen molar-refractivity contribution in [3.8, 4) is 5.75 Å². The van der Waals surface area contributed by atoms with Crippen LogP contribution >= 0.6 is 0 Å². The van der Waals surface area contributed by atoms with Crippen LogP contribution in [0.4, 0.5) is 0 Å². The van der Waals surface area contributed by atoms with Crippen molar-refractivity contribution in [3.05, 3.63) is 29.3 Å². The molecule has 0 bridgehead atoms. The molecule has 0 aromatic heterocycles. The van der Waals surface area contributed by atoms with Crippen LogP contribution < -0.4 is 4.74 Å². The zero-order valence-corrected chi connectivity index (χ0v) is 11.9. The Bertz CT molecular complexity index is 438. The highest BCUT2D eigenvalue weighted by Gasteiger charge is 2.15. The molecule has 104 valence electrons. The number of rotatable bonds is 5. The molecule has 3 nitrogen and oxygen atoms in total. The van der Waals surface area contributed by atoms with Gasteiger partial charge in [-0.25, -0.2) is 0 Å². The van der Waals surface area contributed by atoms with E-state index in [1.807, 2.05) is 26.0 Å². The summed E-state index contributed by atoms with van der Waals surface area (Å²) in [6, 6.07) is 6.19. The average molecular weight is 261 g/mol. The number of ether oxygens (including phenoxy) is 1. The predicted molar refractivity (Wildman–Crippen MR) is 76.5 cm³/mol. The van der Waals surface area contributed by atoms with E-state index in [1.165, 1.54) is 24.0 Å². The van der Waals surface area contributed by atoms with Gasteiger partial charge in [0.15, 0.2) is 6.61 Å². The Morgan fingerprint density at radius 1 is 1.21 bits per heavy atom. The van der Waals surface area contributed by atoms with Crippen molar-refractivity contribution in [2.45, 2.75) is 39.5 Å². The van der Waals surface area contributed by atoms with Crippen molar-refractivity contribution >= 4 is 5.91 Å². The number of aryl methyl sites for hydroxylation is 1. The number of fused-ring (bicyclic) bond motifs is 1. The van der Waals surface area contributed by atoms with Crippen molar-refractivity contribution < 1.29 is 9.53 Å². The third kappa shape index (κ3) is 3.28. The van der Waals surface area contributed by atoms with E-state index >= 15 is 0 Å². The van der Waals surface area contributed by atoms with Crippen LogP contribution in [-0.4, -0.2) is 30.5 Å². The molecule has 0 spiro atoms. The van der Waals surface area contributed by atoms with E-state index in [0.29, 0.717) is 0 Å². The van der Waals surface area contributed by atoms with E-state index in [0.717, 1.165) is 31.7 Å². The molecule has 1 aromatic carbocycles. The molecular weight excluding hydrogens is 238 g/mol. The third-order valence-corrected chi connectivity index (χ3v) is 3.82. The number of hydrogen-bond acceptors (Lipinski definition) is 2. The number of carbonyl (C=O) groups is 1. The molecular formula is C16H23NO2. The average Bonchev–Trinajstić information content (AvgIpc) is 2.46. The first kappa shape index (κ1) is 13.9. The highest BCUT2D eigenvalue weighted by atomic mass is 16.5. The molecule has 0 unspecified atom stereocenters. The second-order valence-electron chi connectivity index (χ2n) is 4.96. The second-order valence-corrected chi connectivity index (χ2v) is 4.96. The maximum atomic E-state index is 11.9. The summed E-state index contributed by atoms with van der Waals surface area (Å²) in [4.78, 5) is 13.7. The van der Waals surface area contributed by atoms with E-state index in [9.17, 15) is 4.79 Å². The number of amides is 1. The van der Waals surface area contributed by atoms with Crippen LogP contribution in [0.1, 0.15) is 37.8 Å². The monoisotopic (exact) mass is 261 g/mol. The fraction of sp³-hybridized carbons (Fsp3) is 0.562. The summed E-state index contributed by atoms with van der Waals surface area (Å²) in [6.45, 7) is 5.62. The van der Waals surface area contributed by atoms with Crippen LogP contribution in [-0.2, 0) is 17.6 Å².